The Labute approximate surface area is 242 Å². The van der Waals surface area contributed by atoms with Crippen LogP contribution >= 0.6 is 0 Å². The lowest BCUT2D eigenvalue weighted by Gasteiger charge is -2.41. The van der Waals surface area contributed by atoms with Gasteiger partial charge in [0.2, 0.25) is 5.88 Å². The van der Waals surface area contributed by atoms with Crippen molar-refractivity contribution in [3.8, 4) is 34.2 Å². The van der Waals surface area contributed by atoms with Crippen molar-refractivity contribution in [3.05, 3.63) is 90.3 Å². The number of aromatic nitrogens is 5. The first kappa shape index (κ1) is 25.7. The number of methoxy groups -OCH3 is 1. The molecule has 10 nitrogen and oxygen atoms in total. The molecule has 2 atom stereocenters. The predicted octanol–water partition coefficient (Wildman–Crippen LogP) is 4.54. The maximum Gasteiger partial charge on any atom is 0.256 e. The predicted molar refractivity (Wildman–Crippen MR) is 157 cm³/mol. The van der Waals surface area contributed by atoms with Gasteiger partial charge in [0, 0.05) is 66.3 Å². The molecule has 10 heteroatoms. The van der Waals surface area contributed by atoms with Gasteiger partial charge < -0.3 is 14.5 Å². The summed E-state index contributed by atoms with van der Waals surface area (Å²) in [5, 5.41) is 14.2. The van der Waals surface area contributed by atoms with Crippen molar-refractivity contribution in [1.82, 2.24) is 29.5 Å². The summed E-state index contributed by atoms with van der Waals surface area (Å²) in [4.78, 5) is 31.1. The van der Waals surface area contributed by atoms with Gasteiger partial charge in [-0.3, -0.25) is 9.78 Å². The zero-order valence-corrected chi connectivity index (χ0v) is 23.3. The summed E-state index contributed by atoms with van der Waals surface area (Å²) in [6, 6.07) is 16.2. The molecule has 0 spiro atoms. The number of rotatable bonds is 5. The van der Waals surface area contributed by atoms with Crippen molar-refractivity contribution < 1.29 is 9.53 Å². The second-order valence-corrected chi connectivity index (χ2v) is 10.8. The number of hydrogen-bond acceptors (Lipinski definition) is 8. The molecule has 42 heavy (non-hydrogen) atoms. The number of aryl methyl sites for hydroxylation is 1. The van der Waals surface area contributed by atoms with E-state index in [1.165, 1.54) is 0 Å². The van der Waals surface area contributed by atoms with Crippen LogP contribution in [0.4, 0.5) is 5.82 Å². The lowest BCUT2D eigenvalue weighted by Crippen LogP contribution is -2.56. The molecule has 2 aliphatic heterocycles. The lowest BCUT2D eigenvalue weighted by molar-refractivity contribution is 0.0640. The van der Waals surface area contributed by atoms with Crippen molar-refractivity contribution in [2.75, 3.05) is 25.1 Å². The molecule has 0 saturated carbocycles. The Kier molecular flexibility index (Phi) is 6.27. The first-order valence-corrected chi connectivity index (χ1v) is 13.9. The molecule has 2 bridgehead atoms. The van der Waals surface area contributed by atoms with E-state index in [4.69, 9.17) is 9.72 Å². The van der Waals surface area contributed by atoms with Gasteiger partial charge in [-0.05, 0) is 61.7 Å². The van der Waals surface area contributed by atoms with E-state index in [2.05, 4.69) is 38.2 Å². The van der Waals surface area contributed by atoms with Crippen LogP contribution in [0.15, 0.2) is 73.4 Å². The van der Waals surface area contributed by atoms with Gasteiger partial charge in [0.25, 0.3) is 5.91 Å². The van der Waals surface area contributed by atoms with Crippen LogP contribution in [0.5, 0.6) is 5.88 Å². The summed E-state index contributed by atoms with van der Waals surface area (Å²) in [5.74, 6) is 1.38. The molecule has 5 aromatic heterocycles. The highest BCUT2D eigenvalue weighted by molar-refractivity contribution is 5.95. The highest BCUT2D eigenvalue weighted by atomic mass is 16.5. The van der Waals surface area contributed by atoms with Crippen LogP contribution in [0.25, 0.3) is 27.8 Å². The van der Waals surface area contributed by atoms with Crippen LogP contribution in [0.1, 0.15) is 34.5 Å². The molecule has 2 fully saturated rings. The van der Waals surface area contributed by atoms with Gasteiger partial charge in [-0.25, -0.2) is 14.5 Å². The number of hydrogen-bond donors (Lipinski definition) is 0. The standard InChI is InChI=1S/C32H28N8O2/c1-20-11-21(9-10-34-20)24-12-28(31-25(13-33)16-37-39(31)17-24)22-3-7-29(35-14-22)38-18-26-5-6-27(19-38)40(26)32(41)23-4-8-30(42-2)36-15-23/h3-4,7-12,14-17,26-27H,5-6,18-19H2,1-2H3. The number of carbonyl (C=O) groups excluding carboxylic acids is 1. The molecular formula is C32H28N8O2. The quantitative estimate of drug-likeness (QED) is 0.310. The average molecular weight is 557 g/mol. The second-order valence-electron chi connectivity index (χ2n) is 10.8. The summed E-state index contributed by atoms with van der Waals surface area (Å²) in [7, 11) is 1.56. The minimum absolute atomic E-state index is 0.0167. The van der Waals surface area contributed by atoms with Crippen LogP contribution < -0.4 is 9.64 Å². The van der Waals surface area contributed by atoms with E-state index in [1.807, 2.05) is 42.4 Å². The van der Waals surface area contributed by atoms with Crippen LogP contribution in [-0.4, -0.2) is 67.7 Å². The molecule has 2 unspecified atom stereocenters. The zero-order valence-electron chi connectivity index (χ0n) is 23.3. The number of anilines is 1. The number of nitriles is 1. The fraction of sp³-hybridized carbons (Fsp3) is 0.250. The van der Waals surface area contributed by atoms with Crippen molar-refractivity contribution >= 4 is 17.2 Å². The molecule has 0 radical (unpaired) electrons. The Hall–Kier alpha value is -5.30. The summed E-state index contributed by atoms with van der Waals surface area (Å²) in [6.45, 7) is 3.41. The van der Waals surface area contributed by atoms with Gasteiger partial charge in [0.15, 0.2) is 0 Å². The van der Waals surface area contributed by atoms with Gasteiger partial charge in [-0.2, -0.15) is 10.4 Å². The summed E-state index contributed by atoms with van der Waals surface area (Å²) < 4.78 is 6.90. The van der Waals surface area contributed by atoms with Crippen LogP contribution in [0.2, 0.25) is 0 Å². The largest absolute Gasteiger partial charge is 0.481 e. The highest BCUT2D eigenvalue weighted by Gasteiger charge is 2.43. The summed E-state index contributed by atoms with van der Waals surface area (Å²) in [5.41, 5.74) is 6.55. The number of carbonyl (C=O) groups is 1. The molecule has 7 heterocycles. The Morgan fingerprint density at radius 2 is 1.79 bits per heavy atom. The fourth-order valence-electron chi connectivity index (χ4n) is 6.24. The Balaban J connectivity index is 1.16. The maximum atomic E-state index is 13.4. The zero-order chi connectivity index (χ0) is 28.8. The number of nitrogens with zero attached hydrogens (tertiary/aromatic N) is 8. The smallest absolute Gasteiger partial charge is 0.256 e. The van der Waals surface area contributed by atoms with Crippen LogP contribution in [0, 0.1) is 18.3 Å². The van der Waals surface area contributed by atoms with E-state index >= 15 is 0 Å². The maximum absolute atomic E-state index is 13.4. The minimum atomic E-state index is 0.0167. The van der Waals surface area contributed by atoms with E-state index in [9.17, 15) is 10.1 Å². The normalized spacial score (nSPS) is 17.8. The average Bonchev–Trinajstić information content (AvgIpc) is 3.57. The topological polar surface area (TPSA) is 113 Å². The first-order valence-electron chi connectivity index (χ1n) is 13.9. The third kappa shape index (κ3) is 4.39. The summed E-state index contributed by atoms with van der Waals surface area (Å²) in [6.07, 6.45) is 10.7. The molecule has 1 amide bonds. The fourth-order valence-corrected chi connectivity index (χ4v) is 6.24. The molecule has 0 N–H and O–H groups in total. The van der Waals surface area contributed by atoms with Gasteiger partial charge in [0.05, 0.1) is 42.0 Å². The van der Waals surface area contributed by atoms with E-state index < -0.39 is 0 Å². The Morgan fingerprint density at radius 3 is 2.45 bits per heavy atom. The molecule has 7 rings (SSSR count). The number of fused-ring (bicyclic) bond motifs is 3. The highest BCUT2D eigenvalue weighted by Crippen LogP contribution is 2.35. The number of pyridine rings is 4. The second kappa shape index (κ2) is 10.3. The van der Waals surface area contributed by atoms with E-state index in [1.54, 1.807) is 42.3 Å². The van der Waals surface area contributed by atoms with Gasteiger partial charge in [0.1, 0.15) is 11.9 Å². The SMILES string of the molecule is COc1ccc(C(=O)N2C3CCC2CN(c2ccc(-c4cc(-c5ccnc(C)c5)cn5ncc(C#N)c45)cn2)C3)cn1. The van der Waals surface area contributed by atoms with E-state index in [-0.39, 0.29) is 18.0 Å². The Morgan fingerprint density at radius 1 is 0.952 bits per heavy atom. The molecule has 0 aliphatic carbocycles. The van der Waals surface area contributed by atoms with Crippen LogP contribution in [-0.2, 0) is 0 Å². The van der Waals surface area contributed by atoms with Crippen molar-refractivity contribution in [2.24, 2.45) is 0 Å². The molecule has 0 aromatic carbocycles. The molecule has 208 valence electrons. The molecular weight excluding hydrogens is 528 g/mol. The number of piperazine rings is 1. The van der Waals surface area contributed by atoms with Crippen molar-refractivity contribution in [3.63, 3.8) is 0 Å². The van der Waals surface area contributed by atoms with Crippen molar-refractivity contribution in [2.45, 2.75) is 31.8 Å². The third-order valence-corrected chi connectivity index (χ3v) is 8.25. The van der Waals surface area contributed by atoms with Crippen LogP contribution in [0.3, 0.4) is 0 Å². The molecule has 5 aromatic rings. The van der Waals surface area contributed by atoms with Crippen molar-refractivity contribution in [1.29, 1.82) is 5.26 Å². The number of ether oxygens (including phenoxy) is 1. The van der Waals surface area contributed by atoms with E-state index in [0.29, 0.717) is 17.0 Å². The summed E-state index contributed by atoms with van der Waals surface area (Å²) >= 11 is 0. The van der Waals surface area contributed by atoms with Gasteiger partial charge in [-0.15, -0.1) is 0 Å². The molecule has 2 aliphatic rings. The first-order chi connectivity index (χ1) is 20.5. The Bertz CT molecular complexity index is 1830. The van der Waals surface area contributed by atoms with Gasteiger partial charge in [-0.1, -0.05) is 0 Å². The third-order valence-electron chi connectivity index (χ3n) is 8.25. The monoisotopic (exact) mass is 556 g/mol. The van der Waals surface area contributed by atoms with E-state index in [0.717, 1.165) is 65.2 Å². The lowest BCUT2D eigenvalue weighted by atomic mass is 10.00. The minimum Gasteiger partial charge on any atom is -0.481 e. The number of amides is 1. The van der Waals surface area contributed by atoms with Gasteiger partial charge >= 0.3 is 0 Å². The molecule has 2 saturated heterocycles.